The predicted molar refractivity (Wildman–Crippen MR) is 155 cm³/mol. The summed E-state index contributed by atoms with van der Waals surface area (Å²) in [5, 5.41) is 16.5. The molecule has 1 aromatic heterocycles. The van der Waals surface area contributed by atoms with Gasteiger partial charge in [0.15, 0.2) is 0 Å². The SMILES string of the molecule is COC(=O)Nc1nc2ccc(S(=O)(=O)N(CC(C)C)C[C@@H](O)[C@H](Cc3ccccc3)NC(=O)OC(C)(C)C)cc2[nH]1. The summed E-state index contributed by atoms with van der Waals surface area (Å²) in [6.45, 7) is 8.80. The zero-order chi connectivity index (χ0) is 30.4. The number of anilines is 1. The number of nitrogens with zero attached hydrogens (tertiary/aromatic N) is 2. The molecule has 0 aliphatic rings. The number of aromatic amines is 1. The van der Waals surface area contributed by atoms with Crippen molar-refractivity contribution in [2.24, 2.45) is 5.92 Å². The van der Waals surface area contributed by atoms with Gasteiger partial charge in [0.05, 0.1) is 35.2 Å². The molecular formula is C28H39N5O7S. The molecule has 3 aromatic rings. The number of hydrogen-bond donors (Lipinski definition) is 4. The zero-order valence-corrected chi connectivity index (χ0v) is 25.0. The number of methoxy groups -OCH3 is 1. The van der Waals surface area contributed by atoms with Crippen LogP contribution in [0.15, 0.2) is 53.4 Å². The highest BCUT2D eigenvalue weighted by Crippen LogP contribution is 2.24. The van der Waals surface area contributed by atoms with Crippen LogP contribution in [0.2, 0.25) is 0 Å². The number of sulfonamides is 1. The molecule has 1 heterocycles. The van der Waals surface area contributed by atoms with E-state index in [0.717, 1.165) is 5.56 Å². The lowest BCUT2D eigenvalue weighted by Gasteiger charge is -2.31. The number of aromatic nitrogens is 2. The van der Waals surface area contributed by atoms with Crippen molar-refractivity contribution < 1.29 is 32.6 Å². The van der Waals surface area contributed by atoms with E-state index in [-0.39, 0.29) is 36.3 Å². The molecule has 0 spiro atoms. The van der Waals surface area contributed by atoms with Crippen molar-refractivity contribution in [3.63, 3.8) is 0 Å². The molecule has 2 aromatic carbocycles. The Morgan fingerprint density at radius 2 is 1.76 bits per heavy atom. The smallest absolute Gasteiger partial charge is 0.413 e. The van der Waals surface area contributed by atoms with Crippen LogP contribution in [0, 0.1) is 5.92 Å². The van der Waals surface area contributed by atoms with Gasteiger partial charge in [0, 0.05) is 13.1 Å². The summed E-state index contributed by atoms with van der Waals surface area (Å²) in [7, 11) is -2.88. The second kappa shape index (κ2) is 13.3. The molecule has 0 aliphatic heterocycles. The van der Waals surface area contributed by atoms with Gasteiger partial charge in [0.25, 0.3) is 0 Å². The fourth-order valence-electron chi connectivity index (χ4n) is 4.13. The molecular weight excluding hydrogens is 550 g/mol. The van der Waals surface area contributed by atoms with Crippen molar-refractivity contribution >= 4 is 39.2 Å². The normalized spacial score (nSPS) is 13.7. The summed E-state index contributed by atoms with van der Waals surface area (Å²) in [5.74, 6) is 0.0444. The van der Waals surface area contributed by atoms with Gasteiger partial charge in [-0.05, 0) is 56.9 Å². The lowest BCUT2D eigenvalue weighted by Crippen LogP contribution is -2.51. The van der Waals surface area contributed by atoms with E-state index < -0.39 is 40.0 Å². The molecule has 0 radical (unpaired) electrons. The number of aliphatic hydroxyl groups is 1. The fourth-order valence-corrected chi connectivity index (χ4v) is 5.78. The molecule has 224 valence electrons. The highest BCUT2D eigenvalue weighted by molar-refractivity contribution is 7.89. The van der Waals surface area contributed by atoms with E-state index in [9.17, 15) is 23.1 Å². The van der Waals surface area contributed by atoms with Gasteiger partial charge in [0.2, 0.25) is 16.0 Å². The fraction of sp³-hybridized carbons (Fsp3) is 0.464. The molecule has 2 atom stereocenters. The van der Waals surface area contributed by atoms with E-state index in [4.69, 9.17) is 4.74 Å². The molecule has 3 rings (SSSR count). The first-order valence-electron chi connectivity index (χ1n) is 13.2. The third kappa shape index (κ3) is 9.17. The van der Waals surface area contributed by atoms with Crippen LogP contribution in [0.5, 0.6) is 0 Å². The van der Waals surface area contributed by atoms with Gasteiger partial charge in [-0.3, -0.25) is 5.32 Å². The van der Waals surface area contributed by atoms with Gasteiger partial charge in [-0.25, -0.2) is 23.0 Å². The zero-order valence-electron chi connectivity index (χ0n) is 24.2. The second-order valence-electron chi connectivity index (χ2n) is 11.1. The number of aliphatic hydroxyl groups excluding tert-OH is 1. The molecule has 13 heteroatoms. The third-order valence-electron chi connectivity index (χ3n) is 5.92. The van der Waals surface area contributed by atoms with Crippen LogP contribution in [0.1, 0.15) is 40.2 Å². The molecule has 0 saturated heterocycles. The number of imidazole rings is 1. The van der Waals surface area contributed by atoms with Crippen molar-refractivity contribution in [1.29, 1.82) is 0 Å². The Morgan fingerprint density at radius 1 is 1.07 bits per heavy atom. The van der Waals surface area contributed by atoms with Crippen LogP contribution < -0.4 is 10.6 Å². The van der Waals surface area contributed by atoms with Crippen molar-refractivity contribution in [2.75, 3.05) is 25.5 Å². The number of carbonyl (C=O) groups excluding carboxylic acids is 2. The van der Waals surface area contributed by atoms with E-state index in [2.05, 4.69) is 25.3 Å². The number of fused-ring (bicyclic) bond motifs is 1. The predicted octanol–water partition coefficient (Wildman–Crippen LogP) is 3.88. The molecule has 41 heavy (non-hydrogen) atoms. The first kappa shape index (κ1) is 31.8. The van der Waals surface area contributed by atoms with E-state index in [1.54, 1.807) is 20.8 Å². The number of alkyl carbamates (subject to hydrolysis) is 1. The van der Waals surface area contributed by atoms with Gasteiger partial charge >= 0.3 is 12.2 Å². The topological polar surface area (TPSA) is 163 Å². The van der Waals surface area contributed by atoms with E-state index in [0.29, 0.717) is 11.0 Å². The number of benzene rings is 2. The Hall–Kier alpha value is -3.68. The van der Waals surface area contributed by atoms with Gasteiger partial charge in [0.1, 0.15) is 5.60 Å². The Balaban J connectivity index is 1.89. The summed E-state index contributed by atoms with van der Waals surface area (Å²) < 4.78 is 38.9. The maximum Gasteiger partial charge on any atom is 0.413 e. The summed E-state index contributed by atoms with van der Waals surface area (Å²) in [5.41, 5.74) is 0.926. The monoisotopic (exact) mass is 589 g/mol. The Bertz CT molecular complexity index is 1440. The highest BCUT2D eigenvalue weighted by atomic mass is 32.2. The number of amides is 2. The summed E-state index contributed by atoms with van der Waals surface area (Å²) in [4.78, 5) is 31.2. The van der Waals surface area contributed by atoms with Gasteiger partial charge in [-0.15, -0.1) is 0 Å². The lowest BCUT2D eigenvalue weighted by molar-refractivity contribution is 0.0400. The third-order valence-corrected chi connectivity index (χ3v) is 7.75. The number of rotatable bonds is 11. The average molecular weight is 590 g/mol. The van der Waals surface area contributed by atoms with Crippen LogP contribution in [-0.2, 0) is 25.9 Å². The second-order valence-corrected chi connectivity index (χ2v) is 13.0. The Morgan fingerprint density at radius 3 is 2.37 bits per heavy atom. The standard InChI is InChI=1S/C28H39N5O7S/c1-18(2)16-33(41(37,38)20-12-13-21-22(15-20)30-25(29-21)32-26(35)39-6)17-24(34)23(14-19-10-8-7-9-11-19)31-27(36)40-28(3,4)5/h7-13,15,18,23-24,34H,14,16-17H2,1-6H3,(H,31,36)(H2,29,30,32,35)/t23-,24+/m0/s1. The number of hydrogen-bond acceptors (Lipinski definition) is 8. The lowest BCUT2D eigenvalue weighted by atomic mass is 10.0. The van der Waals surface area contributed by atoms with Crippen LogP contribution in [0.4, 0.5) is 15.5 Å². The average Bonchev–Trinajstić information content (AvgIpc) is 3.28. The van der Waals surface area contributed by atoms with Gasteiger partial charge in [-0.1, -0.05) is 44.2 Å². The van der Waals surface area contributed by atoms with Crippen molar-refractivity contribution in [3.8, 4) is 0 Å². The maximum absolute atomic E-state index is 13.8. The van der Waals surface area contributed by atoms with Crippen LogP contribution in [0.3, 0.4) is 0 Å². The first-order chi connectivity index (χ1) is 19.2. The summed E-state index contributed by atoms with van der Waals surface area (Å²) in [6.07, 6.45) is -2.44. The molecule has 12 nitrogen and oxygen atoms in total. The molecule has 0 saturated carbocycles. The highest BCUT2D eigenvalue weighted by Gasteiger charge is 2.32. The Labute approximate surface area is 240 Å². The minimum absolute atomic E-state index is 0.0224. The van der Waals surface area contributed by atoms with Crippen LogP contribution in [-0.4, -0.2) is 77.9 Å². The largest absolute Gasteiger partial charge is 0.453 e. The minimum atomic E-state index is -4.10. The van der Waals surface area contributed by atoms with Crippen molar-refractivity contribution in [3.05, 3.63) is 54.1 Å². The molecule has 0 bridgehead atoms. The molecule has 4 N–H and O–H groups in total. The van der Waals surface area contributed by atoms with Gasteiger partial charge in [-0.2, -0.15) is 4.31 Å². The maximum atomic E-state index is 13.8. The Kier molecular flexibility index (Phi) is 10.3. The number of ether oxygens (including phenoxy) is 2. The van der Waals surface area contributed by atoms with Crippen LogP contribution >= 0.6 is 0 Å². The number of H-pyrrole nitrogens is 1. The summed E-state index contributed by atoms with van der Waals surface area (Å²) >= 11 is 0. The number of carbonyl (C=O) groups is 2. The van der Waals surface area contributed by atoms with Crippen molar-refractivity contribution in [2.45, 2.75) is 63.7 Å². The first-order valence-corrected chi connectivity index (χ1v) is 14.7. The number of nitrogens with one attached hydrogen (secondary N) is 3. The van der Waals surface area contributed by atoms with Crippen LogP contribution in [0.25, 0.3) is 11.0 Å². The van der Waals surface area contributed by atoms with E-state index in [1.807, 2.05) is 44.2 Å². The minimum Gasteiger partial charge on any atom is -0.453 e. The quantitative estimate of drug-likeness (QED) is 0.262. The molecule has 0 aliphatic carbocycles. The van der Waals surface area contributed by atoms with Crippen molar-refractivity contribution in [1.82, 2.24) is 19.6 Å². The van der Waals surface area contributed by atoms with E-state index >= 15 is 0 Å². The molecule has 0 unspecified atom stereocenters. The molecule has 0 fully saturated rings. The van der Waals surface area contributed by atoms with E-state index in [1.165, 1.54) is 29.6 Å². The van der Waals surface area contributed by atoms with Gasteiger partial charge < -0.3 is 24.9 Å². The molecule has 2 amide bonds. The summed E-state index contributed by atoms with van der Waals surface area (Å²) in [6, 6.07) is 12.8.